The largest absolute Gasteiger partial charge is 0.432 e. The lowest BCUT2D eigenvalue weighted by atomic mass is 10.3. The van der Waals surface area contributed by atoms with Gasteiger partial charge in [0.15, 0.2) is 11.5 Å². The van der Waals surface area contributed by atoms with Crippen LogP contribution in [0.5, 0.6) is 0 Å². The van der Waals surface area contributed by atoms with Crippen LogP contribution >= 0.6 is 0 Å². The van der Waals surface area contributed by atoms with Gasteiger partial charge in [-0.3, -0.25) is 9.89 Å². The van der Waals surface area contributed by atoms with E-state index in [9.17, 15) is 18.0 Å². The standard InChI is InChI=1S/C12H12F3N5O2/c13-12(14,15)8-6-7(17-18-8)11-16-9(19-22-11)3-5-20-4-1-2-10(20)21/h6H,1-5H2,(H,17,18). The number of nitrogens with zero attached hydrogens (tertiary/aromatic N) is 4. The van der Waals surface area contributed by atoms with Gasteiger partial charge in [-0.25, -0.2) is 0 Å². The van der Waals surface area contributed by atoms with Gasteiger partial charge in [0.25, 0.3) is 5.89 Å². The zero-order chi connectivity index (χ0) is 15.7. The van der Waals surface area contributed by atoms with E-state index in [0.29, 0.717) is 31.8 Å². The van der Waals surface area contributed by atoms with Crippen molar-refractivity contribution in [1.82, 2.24) is 25.2 Å². The van der Waals surface area contributed by atoms with Gasteiger partial charge >= 0.3 is 6.18 Å². The van der Waals surface area contributed by atoms with Gasteiger partial charge in [0, 0.05) is 32.0 Å². The van der Waals surface area contributed by atoms with Crippen molar-refractivity contribution in [3.05, 3.63) is 17.6 Å². The van der Waals surface area contributed by atoms with E-state index in [-0.39, 0.29) is 17.5 Å². The first-order chi connectivity index (χ1) is 10.4. The van der Waals surface area contributed by atoms with E-state index < -0.39 is 11.9 Å². The smallest absolute Gasteiger partial charge is 0.342 e. The fourth-order valence-corrected chi connectivity index (χ4v) is 2.21. The van der Waals surface area contributed by atoms with E-state index in [1.807, 2.05) is 5.10 Å². The topological polar surface area (TPSA) is 87.9 Å². The Hall–Kier alpha value is -2.39. The van der Waals surface area contributed by atoms with Crippen LogP contribution in [0.25, 0.3) is 11.6 Å². The third kappa shape index (κ3) is 2.95. The number of likely N-dealkylation sites (tertiary alicyclic amines) is 1. The molecule has 2 aromatic heterocycles. The molecular formula is C12H12F3N5O2. The molecule has 3 rings (SSSR count). The van der Waals surface area contributed by atoms with Gasteiger partial charge in [-0.05, 0) is 6.42 Å². The average molecular weight is 315 g/mol. The summed E-state index contributed by atoms with van der Waals surface area (Å²) in [5.74, 6) is 0.326. The Morgan fingerprint density at radius 3 is 2.86 bits per heavy atom. The van der Waals surface area contributed by atoms with Gasteiger partial charge in [-0.1, -0.05) is 5.16 Å². The maximum atomic E-state index is 12.5. The molecule has 0 aromatic carbocycles. The Morgan fingerprint density at radius 2 is 2.23 bits per heavy atom. The Morgan fingerprint density at radius 1 is 1.41 bits per heavy atom. The normalized spacial score (nSPS) is 15.8. The van der Waals surface area contributed by atoms with Crippen LogP contribution in [0.3, 0.4) is 0 Å². The van der Waals surface area contributed by atoms with Crippen LogP contribution in [0.1, 0.15) is 24.4 Å². The lowest BCUT2D eigenvalue weighted by Crippen LogP contribution is -2.27. The summed E-state index contributed by atoms with van der Waals surface area (Å²) in [6.45, 7) is 1.17. The molecule has 0 saturated carbocycles. The van der Waals surface area contributed by atoms with Crippen molar-refractivity contribution in [2.24, 2.45) is 0 Å². The van der Waals surface area contributed by atoms with Gasteiger partial charge in [-0.15, -0.1) is 0 Å². The first-order valence-corrected chi connectivity index (χ1v) is 6.67. The Kier molecular flexibility index (Phi) is 3.59. The highest BCUT2D eigenvalue weighted by atomic mass is 19.4. The molecule has 1 N–H and O–H groups in total. The summed E-state index contributed by atoms with van der Waals surface area (Å²) < 4.78 is 42.3. The maximum absolute atomic E-state index is 12.5. The lowest BCUT2D eigenvalue weighted by molar-refractivity contribution is -0.141. The number of hydrogen-bond donors (Lipinski definition) is 1. The molecule has 1 amide bonds. The van der Waals surface area contributed by atoms with Crippen LogP contribution in [0, 0.1) is 0 Å². The molecule has 1 aliphatic heterocycles. The summed E-state index contributed by atoms with van der Waals surface area (Å²) in [5, 5.41) is 9.08. The molecule has 0 atom stereocenters. The number of carbonyl (C=O) groups is 1. The van der Waals surface area contributed by atoms with Crippen molar-refractivity contribution in [2.75, 3.05) is 13.1 Å². The van der Waals surface area contributed by atoms with Gasteiger partial charge < -0.3 is 9.42 Å². The van der Waals surface area contributed by atoms with Gasteiger partial charge in [0.1, 0.15) is 5.69 Å². The minimum Gasteiger partial charge on any atom is -0.342 e. The molecule has 1 saturated heterocycles. The SMILES string of the molecule is O=C1CCCN1CCc1noc(-c2cc(C(F)(F)F)[nH]n2)n1. The number of nitrogens with one attached hydrogen (secondary N) is 1. The second kappa shape index (κ2) is 5.43. The zero-order valence-electron chi connectivity index (χ0n) is 11.4. The third-order valence-corrected chi connectivity index (χ3v) is 3.35. The van der Waals surface area contributed by atoms with Gasteiger partial charge in [0.2, 0.25) is 5.91 Å². The number of halogens is 3. The van der Waals surface area contributed by atoms with Crippen molar-refractivity contribution in [2.45, 2.75) is 25.4 Å². The molecule has 10 heteroatoms. The Balaban J connectivity index is 1.66. The Labute approximate surface area is 122 Å². The predicted octanol–water partition coefficient (Wildman–Crippen LogP) is 1.64. The van der Waals surface area contributed by atoms with Crippen LogP contribution in [-0.2, 0) is 17.4 Å². The molecule has 0 aliphatic carbocycles. The molecule has 0 radical (unpaired) electrons. The predicted molar refractivity (Wildman–Crippen MR) is 66.4 cm³/mol. The summed E-state index contributed by atoms with van der Waals surface area (Å²) in [6, 6.07) is 0.807. The third-order valence-electron chi connectivity index (χ3n) is 3.35. The van der Waals surface area contributed by atoms with Gasteiger partial charge in [0.05, 0.1) is 0 Å². The molecular weight excluding hydrogens is 303 g/mol. The zero-order valence-corrected chi connectivity index (χ0v) is 11.4. The molecule has 3 heterocycles. The minimum absolute atomic E-state index is 0.0664. The molecule has 1 aliphatic rings. The number of alkyl halides is 3. The molecule has 1 fully saturated rings. The summed E-state index contributed by atoms with van der Waals surface area (Å²) in [7, 11) is 0. The highest BCUT2D eigenvalue weighted by Gasteiger charge is 2.33. The van der Waals surface area contributed by atoms with Crippen LogP contribution in [0.4, 0.5) is 13.2 Å². The van der Waals surface area contributed by atoms with Crippen molar-refractivity contribution in [1.29, 1.82) is 0 Å². The first-order valence-electron chi connectivity index (χ1n) is 6.67. The first kappa shape index (κ1) is 14.5. The van der Waals surface area contributed by atoms with Crippen molar-refractivity contribution in [3.63, 3.8) is 0 Å². The van der Waals surface area contributed by atoms with E-state index in [4.69, 9.17) is 4.52 Å². The van der Waals surface area contributed by atoms with E-state index in [0.717, 1.165) is 12.5 Å². The molecule has 22 heavy (non-hydrogen) atoms. The quantitative estimate of drug-likeness (QED) is 0.926. The Bertz CT molecular complexity index is 678. The second-order valence-electron chi connectivity index (χ2n) is 4.91. The number of aromatic nitrogens is 4. The van der Waals surface area contributed by atoms with Crippen LogP contribution in [0.15, 0.2) is 10.6 Å². The summed E-state index contributed by atoms with van der Waals surface area (Å²) >= 11 is 0. The fraction of sp³-hybridized carbons (Fsp3) is 0.500. The van der Waals surface area contributed by atoms with Gasteiger partial charge in [-0.2, -0.15) is 23.3 Å². The van der Waals surface area contributed by atoms with Crippen LogP contribution < -0.4 is 0 Å². The summed E-state index contributed by atoms with van der Waals surface area (Å²) in [6.07, 6.45) is -2.75. The molecule has 118 valence electrons. The average Bonchev–Trinajstić information content (AvgIpc) is 3.15. The van der Waals surface area contributed by atoms with Crippen LogP contribution in [0.2, 0.25) is 0 Å². The molecule has 0 spiro atoms. The number of rotatable bonds is 4. The second-order valence-corrected chi connectivity index (χ2v) is 4.91. The monoisotopic (exact) mass is 315 g/mol. The van der Waals surface area contributed by atoms with Crippen LogP contribution in [-0.4, -0.2) is 44.2 Å². The van der Waals surface area contributed by atoms with E-state index in [1.165, 1.54) is 0 Å². The molecule has 0 bridgehead atoms. The van der Waals surface area contributed by atoms with E-state index in [1.54, 1.807) is 4.90 Å². The van der Waals surface area contributed by atoms with E-state index >= 15 is 0 Å². The minimum atomic E-state index is -4.51. The maximum Gasteiger partial charge on any atom is 0.432 e. The molecule has 7 nitrogen and oxygen atoms in total. The number of carbonyl (C=O) groups excluding carboxylic acids is 1. The number of hydrogen-bond acceptors (Lipinski definition) is 5. The fourth-order valence-electron chi connectivity index (χ4n) is 2.21. The highest BCUT2D eigenvalue weighted by molar-refractivity contribution is 5.78. The summed E-state index contributed by atoms with van der Waals surface area (Å²) in [4.78, 5) is 17.2. The summed E-state index contributed by atoms with van der Waals surface area (Å²) in [5.41, 5.74) is -1.05. The highest BCUT2D eigenvalue weighted by Crippen LogP contribution is 2.29. The number of amides is 1. The van der Waals surface area contributed by atoms with Crippen molar-refractivity contribution < 1.29 is 22.5 Å². The van der Waals surface area contributed by atoms with Crippen molar-refractivity contribution in [3.8, 4) is 11.6 Å². The molecule has 0 unspecified atom stereocenters. The molecule has 2 aromatic rings. The van der Waals surface area contributed by atoms with E-state index in [2.05, 4.69) is 15.2 Å². The lowest BCUT2D eigenvalue weighted by Gasteiger charge is -2.13. The number of aromatic amines is 1. The number of H-pyrrole nitrogens is 1. The van der Waals surface area contributed by atoms with Crippen molar-refractivity contribution >= 4 is 5.91 Å².